The van der Waals surface area contributed by atoms with E-state index in [2.05, 4.69) is 206 Å². The zero-order valence-electron chi connectivity index (χ0n) is 38.5. The third-order valence-electron chi connectivity index (χ3n) is 14.6. The molecule has 1 aromatic heterocycles. The lowest BCUT2D eigenvalue weighted by molar-refractivity contribution is 0.436. The molecule has 0 radical (unpaired) electrons. The van der Waals surface area contributed by atoms with Gasteiger partial charge < -0.3 is 4.90 Å². The lowest BCUT2D eigenvalue weighted by atomic mass is 9.71. The van der Waals surface area contributed by atoms with Crippen molar-refractivity contribution in [3.05, 3.63) is 204 Å². The maximum Gasteiger partial charge on any atom is 0.112 e. The van der Waals surface area contributed by atoms with E-state index in [1.54, 1.807) is 0 Å². The van der Waals surface area contributed by atoms with Crippen molar-refractivity contribution in [2.45, 2.75) is 58.8 Å². The molecule has 0 saturated heterocycles. The number of fused-ring (bicyclic) bond motifs is 6. The summed E-state index contributed by atoms with van der Waals surface area (Å²) in [5, 5.41) is 13.6. The maximum atomic E-state index is 4.57. The molecule has 322 valence electrons. The smallest absolute Gasteiger partial charge is 0.112 e. The van der Waals surface area contributed by atoms with E-state index in [1.165, 1.54) is 147 Å². The second-order valence-corrected chi connectivity index (χ2v) is 18.8. The molecule has 4 heteroatoms. The third-order valence-corrected chi connectivity index (χ3v) is 15.2. The molecule has 0 spiro atoms. The van der Waals surface area contributed by atoms with E-state index < -0.39 is 0 Å². The van der Waals surface area contributed by atoms with E-state index in [0.717, 1.165) is 22.4 Å². The van der Waals surface area contributed by atoms with Crippen LogP contribution in [0.15, 0.2) is 171 Å². The van der Waals surface area contributed by atoms with Crippen molar-refractivity contribution < 1.29 is 0 Å². The molecule has 11 aromatic rings. The van der Waals surface area contributed by atoms with Crippen LogP contribution in [-0.2, 0) is 5.41 Å². The monoisotopic (exact) mass is 871 g/mol. The molecule has 66 heavy (non-hydrogen) atoms. The Kier molecular flexibility index (Phi) is 10.3. The maximum absolute atomic E-state index is 4.57. The number of hydrogen-bond acceptors (Lipinski definition) is 4. The van der Waals surface area contributed by atoms with Crippen molar-refractivity contribution in [3.63, 3.8) is 0 Å². The Balaban J connectivity index is 0.000000114. The minimum Gasteiger partial charge on any atom is -0.345 e. The number of hydrogen-bond donors (Lipinski definition) is 0. The van der Waals surface area contributed by atoms with Gasteiger partial charge in [-0.25, -0.2) is 0 Å². The van der Waals surface area contributed by atoms with Crippen molar-refractivity contribution in [1.29, 1.82) is 0 Å². The van der Waals surface area contributed by atoms with Crippen LogP contribution < -0.4 is 0 Å². The average molecular weight is 872 g/mol. The molecule has 1 aliphatic carbocycles. The highest BCUT2D eigenvalue weighted by molar-refractivity contribution is 7.00. The fraction of sp³-hybridized carbons (Fsp3) is 0.161. The van der Waals surface area contributed by atoms with Gasteiger partial charge in [-0.05, 0) is 126 Å². The molecule has 0 unspecified atom stereocenters. The van der Waals surface area contributed by atoms with E-state index in [1.807, 2.05) is 13.1 Å². The normalized spacial score (nSPS) is 13.6. The van der Waals surface area contributed by atoms with Crippen LogP contribution in [0.2, 0.25) is 0 Å². The van der Waals surface area contributed by atoms with Crippen molar-refractivity contribution in [2.75, 3.05) is 7.05 Å². The second-order valence-electron chi connectivity index (χ2n) is 18.3. The van der Waals surface area contributed by atoms with Crippen molar-refractivity contribution in [3.8, 4) is 22.3 Å². The summed E-state index contributed by atoms with van der Waals surface area (Å²) in [6.45, 7) is 17.3. The summed E-state index contributed by atoms with van der Waals surface area (Å²) in [5.74, 6) is 0. The Bertz CT molecular complexity index is 3580. The molecular weight excluding hydrogens is 819 g/mol. The summed E-state index contributed by atoms with van der Waals surface area (Å²) in [4.78, 5) is 2.05. The van der Waals surface area contributed by atoms with Gasteiger partial charge in [0.15, 0.2) is 0 Å². The summed E-state index contributed by atoms with van der Waals surface area (Å²) in [7, 11) is 2.01. The van der Waals surface area contributed by atoms with Crippen LogP contribution in [0.4, 0.5) is 0 Å². The van der Waals surface area contributed by atoms with Crippen LogP contribution >= 0.6 is 11.7 Å². The molecule has 3 nitrogen and oxygen atoms in total. The first-order chi connectivity index (χ1) is 32.2. The predicted octanol–water partition coefficient (Wildman–Crippen LogP) is 17.3. The van der Waals surface area contributed by atoms with Gasteiger partial charge in [0.2, 0.25) is 0 Å². The van der Waals surface area contributed by atoms with Crippen LogP contribution in [0, 0.1) is 13.8 Å². The molecule has 0 bridgehead atoms. The van der Waals surface area contributed by atoms with Gasteiger partial charge in [0.25, 0.3) is 0 Å². The molecule has 2 heterocycles. The molecule has 1 aliphatic heterocycles. The second kappa shape index (κ2) is 16.4. The summed E-state index contributed by atoms with van der Waals surface area (Å²) in [5.41, 5.74) is 17.6. The molecule has 0 N–H and O–H groups in total. The molecule has 13 rings (SSSR count). The van der Waals surface area contributed by atoms with Crippen LogP contribution in [0.25, 0.3) is 98.5 Å². The molecule has 0 atom stereocenters. The zero-order valence-corrected chi connectivity index (χ0v) is 39.3. The zero-order chi connectivity index (χ0) is 45.3. The number of benzene rings is 10. The van der Waals surface area contributed by atoms with E-state index in [9.17, 15) is 0 Å². The lowest BCUT2D eigenvalue weighted by Gasteiger charge is -2.32. The highest BCUT2D eigenvalue weighted by Gasteiger charge is 2.41. The first-order valence-corrected chi connectivity index (χ1v) is 24.1. The highest BCUT2D eigenvalue weighted by atomic mass is 32.1. The van der Waals surface area contributed by atoms with Gasteiger partial charge in [0.05, 0.1) is 11.7 Å². The van der Waals surface area contributed by atoms with E-state index in [0.29, 0.717) is 0 Å². The number of rotatable bonds is 5. The van der Waals surface area contributed by atoms with Gasteiger partial charge in [-0.15, -0.1) is 0 Å². The van der Waals surface area contributed by atoms with Gasteiger partial charge in [-0.1, -0.05) is 185 Å². The summed E-state index contributed by atoms with van der Waals surface area (Å²) in [6, 6.07) is 57.5. The molecule has 0 fully saturated rings. The van der Waals surface area contributed by atoms with Gasteiger partial charge >= 0.3 is 0 Å². The molecule has 0 amide bonds. The Hall–Kier alpha value is -7.14. The quantitative estimate of drug-likeness (QED) is 0.127. The lowest BCUT2D eigenvalue weighted by Crippen LogP contribution is -2.25. The SMILES string of the molecule is C=C1c2cccc3cccc(c23)C(=C)N1C.CCCC1(CCC)c2ccccc2-c2ccc(-c3cccc4nsnc34)cc21.Cc1ccc2c3cccc4cccc(c5ccc(C)c1c25)c43. The van der Waals surface area contributed by atoms with E-state index in [-0.39, 0.29) is 5.41 Å². The summed E-state index contributed by atoms with van der Waals surface area (Å²) in [6.07, 6.45) is 4.75. The summed E-state index contributed by atoms with van der Waals surface area (Å²) >= 11 is 1.29. The van der Waals surface area contributed by atoms with Crippen LogP contribution in [0.1, 0.15) is 72.9 Å². The fourth-order valence-corrected chi connectivity index (χ4v) is 12.2. The molecule has 2 aliphatic rings. The fourth-order valence-electron chi connectivity index (χ4n) is 11.6. The Morgan fingerprint density at radius 1 is 0.485 bits per heavy atom. The van der Waals surface area contributed by atoms with E-state index >= 15 is 0 Å². The first kappa shape index (κ1) is 41.6. The Morgan fingerprint density at radius 3 is 1.65 bits per heavy atom. The average Bonchev–Trinajstić information content (AvgIpc) is 3.94. The first-order valence-electron chi connectivity index (χ1n) is 23.4. The van der Waals surface area contributed by atoms with Crippen LogP contribution in [0.5, 0.6) is 0 Å². The topological polar surface area (TPSA) is 29.0 Å². The van der Waals surface area contributed by atoms with Crippen LogP contribution in [0.3, 0.4) is 0 Å². The highest BCUT2D eigenvalue weighted by Crippen LogP contribution is 2.54. The Morgan fingerprint density at radius 2 is 1.02 bits per heavy atom. The predicted molar refractivity (Wildman–Crippen MR) is 286 cm³/mol. The van der Waals surface area contributed by atoms with Gasteiger partial charge in [0.1, 0.15) is 11.0 Å². The number of aromatic nitrogens is 2. The van der Waals surface area contributed by atoms with Gasteiger partial charge in [-0.3, -0.25) is 0 Å². The minimum atomic E-state index is 0.125. The Labute approximate surface area is 392 Å². The molecule has 10 aromatic carbocycles. The number of nitrogens with zero attached hydrogens (tertiary/aromatic N) is 3. The minimum absolute atomic E-state index is 0.125. The van der Waals surface area contributed by atoms with E-state index in [4.69, 9.17) is 0 Å². The molecular formula is C62H53N3S. The van der Waals surface area contributed by atoms with Gasteiger partial charge in [0, 0.05) is 45.9 Å². The van der Waals surface area contributed by atoms with Gasteiger partial charge in [-0.2, -0.15) is 8.75 Å². The standard InChI is InChI=1S/C25H24N2S.C22H16.C15H13N/c1-3-14-25(15-4-2)21-10-6-5-8-19(21)20-13-12-17(16-22(20)25)18-9-7-11-23-24(18)27-28-26-23;1-13-9-11-18-16-7-3-5-15-6-4-8-17(21(15)16)19-12-10-14(2)20(13)22(18)19;1-10-13-8-4-6-12-7-5-9-14(15(12)13)11(2)16(10)3/h5-13,16H,3-4,14-15H2,1-2H3;3-12H,1-2H3;4-9H,1-2H2,3H3. The summed E-state index contributed by atoms with van der Waals surface area (Å²) < 4.78 is 9.00. The van der Waals surface area contributed by atoms with Crippen molar-refractivity contribution in [1.82, 2.24) is 13.6 Å². The number of aryl methyl sites for hydroxylation is 2. The van der Waals surface area contributed by atoms with Crippen molar-refractivity contribution in [2.24, 2.45) is 0 Å². The largest absolute Gasteiger partial charge is 0.345 e. The van der Waals surface area contributed by atoms with Crippen molar-refractivity contribution >= 4 is 88.0 Å². The third kappa shape index (κ3) is 6.37. The molecule has 0 saturated carbocycles. The van der Waals surface area contributed by atoms with Crippen LogP contribution in [-0.4, -0.2) is 20.7 Å².